The zero-order valence-corrected chi connectivity index (χ0v) is 9.76. The monoisotopic (exact) mass is 253 g/mol. The first-order valence-corrected chi connectivity index (χ1v) is 5.34. The second kappa shape index (κ2) is 4.60. The molecule has 0 unspecified atom stereocenters. The summed E-state index contributed by atoms with van der Waals surface area (Å²) in [6.45, 7) is 0. The quantitative estimate of drug-likeness (QED) is 0.803. The van der Waals surface area contributed by atoms with Crippen LogP contribution in [0.3, 0.4) is 0 Å². The van der Waals surface area contributed by atoms with Crippen LogP contribution in [0.25, 0.3) is 0 Å². The summed E-state index contributed by atoms with van der Waals surface area (Å²) in [5.74, 6) is 0.566. The van der Waals surface area contributed by atoms with Crippen molar-refractivity contribution in [3.8, 4) is 0 Å². The minimum absolute atomic E-state index is 0.476. The molecule has 0 fully saturated rings. The van der Waals surface area contributed by atoms with E-state index in [1.165, 1.54) is 6.20 Å². The van der Waals surface area contributed by atoms with Gasteiger partial charge in [-0.1, -0.05) is 23.2 Å². The molecule has 2 aromatic rings. The molecule has 2 rings (SSSR count). The smallest absolute Gasteiger partial charge is 0.149 e. The van der Waals surface area contributed by atoms with Gasteiger partial charge in [-0.05, 0) is 30.3 Å². The van der Waals surface area contributed by atoms with E-state index in [1.807, 2.05) is 12.1 Å². The van der Waals surface area contributed by atoms with E-state index in [1.54, 1.807) is 18.2 Å². The highest BCUT2D eigenvalue weighted by atomic mass is 35.5. The molecule has 0 aliphatic carbocycles. The fourth-order valence-corrected chi connectivity index (χ4v) is 1.64. The van der Waals surface area contributed by atoms with Crippen molar-refractivity contribution in [3.63, 3.8) is 0 Å². The van der Waals surface area contributed by atoms with E-state index < -0.39 is 0 Å². The first-order chi connectivity index (χ1) is 7.65. The van der Waals surface area contributed by atoms with Gasteiger partial charge >= 0.3 is 0 Å². The fourth-order valence-electron chi connectivity index (χ4n) is 1.21. The third-order valence-corrected chi connectivity index (χ3v) is 2.48. The normalized spacial score (nSPS) is 10.1. The van der Waals surface area contributed by atoms with Crippen LogP contribution in [0.5, 0.6) is 0 Å². The molecule has 1 aromatic carbocycles. The molecule has 0 bridgehead atoms. The summed E-state index contributed by atoms with van der Waals surface area (Å²) in [7, 11) is 0. The Morgan fingerprint density at radius 3 is 2.44 bits per heavy atom. The molecule has 5 heteroatoms. The predicted molar refractivity (Wildman–Crippen MR) is 68.4 cm³/mol. The molecule has 3 N–H and O–H groups in total. The van der Waals surface area contributed by atoms with Gasteiger partial charge in [-0.3, -0.25) is 0 Å². The number of nitrogen functional groups attached to an aromatic ring is 1. The molecule has 16 heavy (non-hydrogen) atoms. The van der Waals surface area contributed by atoms with Gasteiger partial charge in [0.2, 0.25) is 0 Å². The maximum absolute atomic E-state index is 5.98. The number of nitrogens with zero attached hydrogens (tertiary/aromatic N) is 1. The van der Waals surface area contributed by atoms with Crippen molar-refractivity contribution < 1.29 is 0 Å². The molecule has 82 valence electrons. The third kappa shape index (κ3) is 2.56. The largest absolute Gasteiger partial charge is 0.399 e. The summed E-state index contributed by atoms with van der Waals surface area (Å²) in [6.07, 6.45) is 1.53. The number of halogens is 2. The second-order valence-electron chi connectivity index (χ2n) is 3.23. The summed E-state index contributed by atoms with van der Waals surface area (Å²) < 4.78 is 0. The van der Waals surface area contributed by atoms with Crippen LogP contribution in [0.15, 0.2) is 36.5 Å². The van der Waals surface area contributed by atoms with E-state index in [0.29, 0.717) is 21.6 Å². The highest BCUT2D eigenvalue weighted by Gasteiger charge is 2.02. The number of nitrogens with one attached hydrogen (secondary N) is 1. The lowest BCUT2D eigenvalue weighted by Gasteiger charge is -2.07. The Labute approximate surface area is 103 Å². The van der Waals surface area contributed by atoms with E-state index >= 15 is 0 Å². The first-order valence-electron chi connectivity index (χ1n) is 4.59. The maximum Gasteiger partial charge on any atom is 0.149 e. The molecular formula is C11H9Cl2N3. The SMILES string of the molecule is Nc1ccc(Nc2ncc(Cl)cc2Cl)cc1. The minimum atomic E-state index is 0.476. The second-order valence-corrected chi connectivity index (χ2v) is 4.07. The van der Waals surface area contributed by atoms with Gasteiger partial charge in [-0.15, -0.1) is 0 Å². The van der Waals surface area contributed by atoms with E-state index in [2.05, 4.69) is 10.3 Å². The molecule has 0 saturated heterocycles. The Hall–Kier alpha value is -1.45. The molecule has 0 aliphatic heterocycles. The van der Waals surface area contributed by atoms with Crippen molar-refractivity contribution in [2.24, 2.45) is 0 Å². The van der Waals surface area contributed by atoms with Crippen LogP contribution < -0.4 is 11.1 Å². The van der Waals surface area contributed by atoms with Crippen LogP contribution in [-0.4, -0.2) is 4.98 Å². The van der Waals surface area contributed by atoms with Gasteiger partial charge in [0.05, 0.1) is 10.0 Å². The Bertz CT molecular complexity index is 497. The number of rotatable bonds is 2. The number of nitrogens with two attached hydrogens (primary N) is 1. The average Bonchev–Trinajstić information content (AvgIpc) is 2.25. The van der Waals surface area contributed by atoms with Gasteiger partial charge in [-0.2, -0.15) is 0 Å². The zero-order chi connectivity index (χ0) is 11.5. The van der Waals surface area contributed by atoms with Gasteiger partial charge in [-0.25, -0.2) is 4.98 Å². The maximum atomic E-state index is 5.98. The molecular weight excluding hydrogens is 245 g/mol. The molecule has 0 amide bonds. The summed E-state index contributed by atoms with van der Waals surface area (Å²) in [5.41, 5.74) is 7.16. The number of benzene rings is 1. The molecule has 1 heterocycles. The first kappa shape index (κ1) is 11.0. The molecule has 3 nitrogen and oxygen atoms in total. The lowest BCUT2D eigenvalue weighted by atomic mass is 10.3. The Morgan fingerprint density at radius 2 is 1.81 bits per heavy atom. The summed E-state index contributed by atoms with van der Waals surface area (Å²) >= 11 is 11.7. The van der Waals surface area contributed by atoms with E-state index in [9.17, 15) is 0 Å². The Kier molecular flexibility index (Phi) is 3.17. The van der Waals surface area contributed by atoms with Gasteiger partial charge in [0.1, 0.15) is 5.82 Å². The number of hydrogen-bond acceptors (Lipinski definition) is 3. The van der Waals surface area contributed by atoms with Crippen LogP contribution in [0.4, 0.5) is 17.2 Å². The van der Waals surface area contributed by atoms with Crippen LogP contribution in [0, 0.1) is 0 Å². The standard InChI is InChI=1S/C11H9Cl2N3/c12-7-5-10(13)11(15-6-7)16-9-3-1-8(14)2-4-9/h1-6H,14H2,(H,15,16). The van der Waals surface area contributed by atoms with E-state index in [4.69, 9.17) is 28.9 Å². The van der Waals surface area contributed by atoms with Crippen LogP contribution in [0.1, 0.15) is 0 Å². The van der Waals surface area contributed by atoms with Gasteiger partial charge in [0.25, 0.3) is 0 Å². The van der Waals surface area contributed by atoms with E-state index in [-0.39, 0.29) is 0 Å². The fraction of sp³-hybridized carbons (Fsp3) is 0. The van der Waals surface area contributed by atoms with Crippen molar-refractivity contribution >= 4 is 40.4 Å². The van der Waals surface area contributed by atoms with E-state index in [0.717, 1.165) is 5.69 Å². The molecule has 0 atom stereocenters. The number of aromatic nitrogens is 1. The predicted octanol–water partition coefficient (Wildman–Crippen LogP) is 3.71. The highest BCUT2D eigenvalue weighted by Crippen LogP contribution is 2.25. The zero-order valence-electron chi connectivity index (χ0n) is 8.24. The summed E-state index contributed by atoms with van der Waals surface area (Å²) in [4.78, 5) is 4.09. The minimum Gasteiger partial charge on any atom is -0.399 e. The van der Waals surface area contributed by atoms with Crippen molar-refractivity contribution in [2.75, 3.05) is 11.1 Å². The number of pyridine rings is 1. The number of hydrogen-bond donors (Lipinski definition) is 2. The van der Waals surface area contributed by atoms with Crippen molar-refractivity contribution in [3.05, 3.63) is 46.6 Å². The van der Waals surface area contributed by atoms with Gasteiger partial charge < -0.3 is 11.1 Å². The lowest BCUT2D eigenvalue weighted by molar-refractivity contribution is 1.31. The third-order valence-electron chi connectivity index (χ3n) is 1.98. The molecule has 0 saturated carbocycles. The molecule has 0 radical (unpaired) electrons. The van der Waals surface area contributed by atoms with Crippen molar-refractivity contribution in [1.82, 2.24) is 4.98 Å². The molecule has 0 aliphatic rings. The van der Waals surface area contributed by atoms with Crippen molar-refractivity contribution in [2.45, 2.75) is 0 Å². The van der Waals surface area contributed by atoms with Crippen LogP contribution in [0.2, 0.25) is 10.0 Å². The van der Waals surface area contributed by atoms with Crippen molar-refractivity contribution in [1.29, 1.82) is 0 Å². The molecule has 1 aromatic heterocycles. The van der Waals surface area contributed by atoms with Gasteiger partial charge in [0, 0.05) is 17.6 Å². The number of anilines is 3. The summed E-state index contributed by atoms with van der Waals surface area (Å²) in [6, 6.07) is 8.93. The Morgan fingerprint density at radius 1 is 1.12 bits per heavy atom. The lowest BCUT2D eigenvalue weighted by Crippen LogP contribution is -1.94. The van der Waals surface area contributed by atoms with Crippen LogP contribution >= 0.6 is 23.2 Å². The highest BCUT2D eigenvalue weighted by molar-refractivity contribution is 6.36. The molecule has 0 spiro atoms. The topological polar surface area (TPSA) is 50.9 Å². The summed E-state index contributed by atoms with van der Waals surface area (Å²) in [5, 5.41) is 4.05. The van der Waals surface area contributed by atoms with Gasteiger partial charge in [0.15, 0.2) is 0 Å². The van der Waals surface area contributed by atoms with Crippen LogP contribution in [-0.2, 0) is 0 Å². The average molecular weight is 254 g/mol. The Balaban J connectivity index is 2.23.